The molecular formula is C18H25FN2O3. The van der Waals surface area contributed by atoms with Gasteiger partial charge >= 0.3 is 0 Å². The molecule has 0 radical (unpaired) electrons. The molecule has 24 heavy (non-hydrogen) atoms. The molecule has 0 bridgehead atoms. The Kier molecular flexibility index (Phi) is 5.94. The van der Waals surface area contributed by atoms with Crippen molar-refractivity contribution in [3.05, 3.63) is 35.6 Å². The minimum absolute atomic E-state index is 0.118. The fraction of sp³-hybridized carbons (Fsp3) is 0.556. The van der Waals surface area contributed by atoms with E-state index in [9.17, 15) is 19.1 Å². The Hall–Kier alpha value is -1.95. The molecule has 3 N–H and O–H groups in total. The number of hydrogen-bond donors (Lipinski definition) is 3. The Balaban J connectivity index is 1.96. The third-order valence-electron chi connectivity index (χ3n) is 4.47. The first-order chi connectivity index (χ1) is 11.3. The minimum Gasteiger partial charge on any atom is -0.388 e. The summed E-state index contributed by atoms with van der Waals surface area (Å²) >= 11 is 0. The predicted octanol–water partition coefficient (Wildman–Crippen LogP) is 2.00. The van der Waals surface area contributed by atoms with Crippen LogP contribution in [0.2, 0.25) is 0 Å². The molecule has 2 rings (SSSR count). The SMILES string of the molecule is CC(C)C(NC(=O)c1ccc(F)cc1)C(=O)NCC1(O)CCCC1. The second kappa shape index (κ2) is 7.75. The van der Waals surface area contributed by atoms with E-state index in [-0.39, 0.29) is 18.4 Å². The summed E-state index contributed by atoms with van der Waals surface area (Å²) in [5.74, 6) is -1.29. The molecule has 132 valence electrons. The lowest BCUT2D eigenvalue weighted by atomic mass is 10.00. The highest BCUT2D eigenvalue weighted by Gasteiger charge is 2.33. The molecule has 1 aromatic carbocycles. The van der Waals surface area contributed by atoms with Crippen LogP contribution in [0.4, 0.5) is 4.39 Å². The summed E-state index contributed by atoms with van der Waals surface area (Å²) in [6, 6.07) is 4.44. The van der Waals surface area contributed by atoms with Crippen LogP contribution in [0.15, 0.2) is 24.3 Å². The molecule has 1 fully saturated rings. The summed E-state index contributed by atoms with van der Waals surface area (Å²) in [6.45, 7) is 3.86. The number of amides is 2. The van der Waals surface area contributed by atoms with Gasteiger partial charge in [-0.3, -0.25) is 9.59 Å². The fourth-order valence-electron chi connectivity index (χ4n) is 2.93. The van der Waals surface area contributed by atoms with Crippen LogP contribution in [0.5, 0.6) is 0 Å². The topological polar surface area (TPSA) is 78.4 Å². The van der Waals surface area contributed by atoms with Gasteiger partial charge in [0.25, 0.3) is 5.91 Å². The summed E-state index contributed by atoms with van der Waals surface area (Å²) < 4.78 is 12.9. The van der Waals surface area contributed by atoms with Crippen molar-refractivity contribution in [2.24, 2.45) is 5.92 Å². The number of nitrogens with one attached hydrogen (secondary N) is 2. The van der Waals surface area contributed by atoms with Crippen LogP contribution in [0.25, 0.3) is 0 Å². The normalized spacial score (nSPS) is 17.5. The molecule has 1 atom stereocenters. The monoisotopic (exact) mass is 336 g/mol. The van der Waals surface area contributed by atoms with Gasteiger partial charge < -0.3 is 15.7 Å². The van der Waals surface area contributed by atoms with Crippen molar-refractivity contribution in [2.75, 3.05) is 6.54 Å². The quantitative estimate of drug-likeness (QED) is 0.743. The van der Waals surface area contributed by atoms with Crippen molar-refractivity contribution in [3.63, 3.8) is 0 Å². The van der Waals surface area contributed by atoms with E-state index in [0.29, 0.717) is 18.4 Å². The van der Waals surface area contributed by atoms with E-state index >= 15 is 0 Å². The molecule has 0 saturated heterocycles. The lowest BCUT2D eigenvalue weighted by Crippen LogP contribution is -2.52. The fourth-order valence-corrected chi connectivity index (χ4v) is 2.93. The lowest BCUT2D eigenvalue weighted by molar-refractivity contribution is -0.125. The third-order valence-corrected chi connectivity index (χ3v) is 4.47. The molecule has 1 saturated carbocycles. The summed E-state index contributed by atoms with van der Waals surface area (Å²) in [4.78, 5) is 24.6. The largest absolute Gasteiger partial charge is 0.388 e. The second-order valence-electron chi connectivity index (χ2n) is 6.85. The van der Waals surface area contributed by atoms with Crippen LogP contribution >= 0.6 is 0 Å². The van der Waals surface area contributed by atoms with E-state index in [1.54, 1.807) is 0 Å². The van der Waals surface area contributed by atoms with Crippen LogP contribution in [0.3, 0.4) is 0 Å². The molecule has 6 heteroatoms. The molecule has 0 heterocycles. The van der Waals surface area contributed by atoms with Crippen LogP contribution in [-0.2, 0) is 4.79 Å². The molecule has 1 aromatic rings. The zero-order valence-corrected chi connectivity index (χ0v) is 14.1. The number of benzene rings is 1. The maximum atomic E-state index is 12.9. The summed E-state index contributed by atoms with van der Waals surface area (Å²) in [7, 11) is 0. The number of rotatable bonds is 6. The van der Waals surface area contributed by atoms with Gasteiger partial charge in [0.05, 0.1) is 5.60 Å². The first kappa shape index (κ1) is 18.4. The highest BCUT2D eigenvalue weighted by Crippen LogP contribution is 2.28. The summed E-state index contributed by atoms with van der Waals surface area (Å²) in [5, 5.41) is 15.7. The van der Waals surface area contributed by atoms with Crippen LogP contribution in [-0.4, -0.2) is 35.1 Å². The zero-order valence-electron chi connectivity index (χ0n) is 14.1. The van der Waals surface area contributed by atoms with Gasteiger partial charge in [0, 0.05) is 12.1 Å². The Bertz CT molecular complexity index is 580. The number of hydrogen-bond acceptors (Lipinski definition) is 3. The van der Waals surface area contributed by atoms with E-state index in [1.165, 1.54) is 24.3 Å². The van der Waals surface area contributed by atoms with Crippen molar-refractivity contribution in [3.8, 4) is 0 Å². The summed E-state index contributed by atoms with van der Waals surface area (Å²) in [6.07, 6.45) is 3.28. The van der Waals surface area contributed by atoms with Crippen molar-refractivity contribution in [1.29, 1.82) is 0 Å². The lowest BCUT2D eigenvalue weighted by Gasteiger charge is -2.26. The van der Waals surface area contributed by atoms with Gasteiger partial charge in [0.15, 0.2) is 0 Å². The van der Waals surface area contributed by atoms with Crippen LogP contribution in [0.1, 0.15) is 49.9 Å². The third kappa shape index (κ3) is 4.77. The Morgan fingerprint density at radius 3 is 2.33 bits per heavy atom. The molecule has 0 spiro atoms. The molecular weight excluding hydrogens is 311 g/mol. The smallest absolute Gasteiger partial charge is 0.251 e. The number of carbonyl (C=O) groups is 2. The molecule has 2 amide bonds. The first-order valence-electron chi connectivity index (χ1n) is 8.37. The average Bonchev–Trinajstić information content (AvgIpc) is 2.97. The first-order valence-corrected chi connectivity index (χ1v) is 8.37. The standard InChI is InChI=1S/C18H25FN2O3/c1-12(2)15(17(23)20-11-18(24)9-3-4-10-18)21-16(22)13-5-7-14(19)8-6-13/h5-8,12,15,24H,3-4,9-11H2,1-2H3,(H,20,23)(H,21,22). The van der Waals surface area contributed by atoms with Gasteiger partial charge in [-0.05, 0) is 43.0 Å². The van der Waals surface area contributed by atoms with E-state index in [4.69, 9.17) is 0 Å². The number of aliphatic hydroxyl groups is 1. The van der Waals surface area contributed by atoms with Gasteiger partial charge in [-0.25, -0.2) is 4.39 Å². The Labute approximate surface area is 141 Å². The van der Waals surface area contributed by atoms with E-state index in [0.717, 1.165) is 12.8 Å². The van der Waals surface area contributed by atoms with Crippen molar-refractivity contribution in [2.45, 2.75) is 51.2 Å². The van der Waals surface area contributed by atoms with Gasteiger partial charge in [0.1, 0.15) is 11.9 Å². The van der Waals surface area contributed by atoms with Gasteiger partial charge in [0.2, 0.25) is 5.91 Å². The van der Waals surface area contributed by atoms with E-state index in [2.05, 4.69) is 10.6 Å². The molecule has 1 unspecified atom stereocenters. The molecule has 5 nitrogen and oxygen atoms in total. The predicted molar refractivity (Wildman–Crippen MR) is 88.9 cm³/mol. The highest BCUT2D eigenvalue weighted by atomic mass is 19.1. The molecule has 0 aliphatic heterocycles. The highest BCUT2D eigenvalue weighted by molar-refractivity contribution is 5.97. The Morgan fingerprint density at radius 2 is 1.79 bits per heavy atom. The maximum absolute atomic E-state index is 12.9. The van der Waals surface area contributed by atoms with Crippen molar-refractivity contribution >= 4 is 11.8 Å². The molecule has 1 aliphatic rings. The van der Waals surface area contributed by atoms with Gasteiger partial charge in [-0.15, -0.1) is 0 Å². The van der Waals surface area contributed by atoms with Gasteiger partial charge in [-0.1, -0.05) is 26.7 Å². The van der Waals surface area contributed by atoms with E-state index < -0.39 is 23.4 Å². The molecule has 0 aromatic heterocycles. The van der Waals surface area contributed by atoms with Crippen LogP contribution < -0.4 is 10.6 Å². The number of carbonyl (C=O) groups excluding carboxylic acids is 2. The Morgan fingerprint density at radius 1 is 1.21 bits per heavy atom. The zero-order chi connectivity index (χ0) is 17.7. The van der Waals surface area contributed by atoms with Crippen molar-refractivity contribution < 1.29 is 19.1 Å². The van der Waals surface area contributed by atoms with Gasteiger partial charge in [-0.2, -0.15) is 0 Å². The van der Waals surface area contributed by atoms with Crippen molar-refractivity contribution in [1.82, 2.24) is 10.6 Å². The maximum Gasteiger partial charge on any atom is 0.251 e. The summed E-state index contributed by atoms with van der Waals surface area (Å²) in [5.41, 5.74) is -0.540. The van der Waals surface area contributed by atoms with Crippen LogP contribution in [0, 0.1) is 11.7 Å². The molecule has 1 aliphatic carbocycles. The number of halogens is 1. The average molecular weight is 336 g/mol. The second-order valence-corrected chi connectivity index (χ2v) is 6.85. The minimum atomic E-state index is -0.835. The van der Waals surface area contributed by atoms with E-state index in [1.807, 2.05) is 13.8 Å².